The van der Waals surface area contributed by atoms with Crippen molar-refractivity contribution in [3.05, 3.63) is 53.2 Å². The summed E-state index contributed by atoms with van der Waals surface area (Å²) >= 11 is 6.04. The van der Waals surface area contributed by atoms with E-state index in [1.165, 1.54) is 0 Å². The number of aromatic nitrogens is 4. The molecule has 142 valence electrons. The lowest BCUT2D eigenvalue weighted by molar-refractivity contribution is -0.00805. The van der Waals surface area contributed by atoms with Gasteiger partial charge in [0.15, 0.2) is 5.96 Å². The second-order valence-electron chi connectivity index (χ2n) is 6.50. The van der Waals surface area contributed by atoms with Crippen molar-refractivity contribution in [3.63, 3.8) is 0 Å². The van der Waals surface area contributed by atoms with Crippen molar-refractivity contribution in [2.24, 2.45) is 12.0 Å². The van der Waals surface area contributed by atoms with E-state index in [1.807, 2.05) is 48.4 Å². The first-order valence-corrected chi connectivity index (χ1v) is 9.19. The lowest BCUT2D eigenvalue weighted by Crippen LogP contribution is -2.47. The number of fused-ring (bicyclic) bond motifs is 1. The molecule has 1 fully saturated rings. The number of halogens is 1. The normalized spacial score (nSPS) is 18.3. The van der Waals surface area contributed by atoms with E-state index in [1.54, 1.807) is 11.7 Å². The van der Waals surface area contributed by atoms with Gasteiger partial charge in [0, 0.05) is 44.8 Å². The third-order valence-corrected chi connectivity index (χ3v) is 4.79. The van der Waals surface area contributed by atoms with Gasteiger partial charge >= 0.3 is 0 Å². The number of ether oxygens (including phenoxy) is 1. The van der Waals surface area contributed by atoms with Gasteiger partial charge in [-0.25, -0.2) is 4.98 Å². The fourth-order valence-electron chi connectivity index (χ4n) is 3.25. The number of imidazole rings is 1. The Morgan fingerprint density at radius 2 is 2.26 bits per heavy atom. The highest BCUT2D eigenvalue weighted by Gasteiger charge is 2.25. The lowest BCUT2D eigenvalue weighted by atomic mass is 10.1. The number of hydrogen-bond donors (Lipinski definition) is 1. The molecule has 1 aliphatic heterocycles. The number of aryl methyl sites for hydroxylation is 1. The summed E-state index contributed by atoms with van der Waals surface area (Å²) in [4.78, 5) is 11.2. The number of morpholine rings is 1. The van der Waals surface area contributed by atoms with Gasteiger partial charge in [-0.05, 0) is 12.1 Å². The van der Waals surface area contributed by atoms with Crippen molar-refractivity contribution in [3.8, 4) is 0 Å². The van der Waals surface area contributed by atoms with Crippen LogP contribution < -0.4 is 5.32 Å². The van der Waals surface area contributed by atoms with Gasteiger partial charge in [0.2, 0.25) is 0 Å². The first kappa shape index (κ1) is 17.8. The fraction of sp³-hybridized carbons (Fsp3) is 0.389. The average Bonchev–Trinajstić information content (AvgIpc) is 3.28. The lowest BCUT2D eigenvalue weighted by Gasteiger charge is -2.34. The second kappa shape index (κ2) is 7.58. The molecule has 9 heteroatoms. The van der Waals surface area contributed by atoms with E-state index in [4.69, 9.17) is 16.3 Å². The SMILES string of the molecule is CN=C(NCc1cn2cc(Cl)ccc2n1)N1CCOC(c2cnn(C)c2)C1. The molecular formula is C18H22ClN7O. The Balaban J connectivity index is 1.42. The number of nitrogens with zero attached hydrogens (tertiary/aromatic N) is 6. The van der Waals surface area contributed by atoms with Gasteiger partial charge in [0.05, 0.1) is 36.6 Å². The molecule has 1 atom stereocenters. The molecule has 0 spiro atoms. The number of nitrogens with one attached hydrogen (secondary N) is 1. The maximum atomic E-state index is 6.04. The Labute approximate surface area is 162 Å². The van der Waals surface area contributed by atoms with Crippen molar-refractivity contribution >= 4 is 23.2 Å². The summed E-state index contributed by atoms with van der Waals surface area (Å²) < 4.78 is 9.63. The molecule has 0 aromatic carbocycles. The van der Waals surface area contributed by atoms with E-state index in [9.17, 15) is 0 Å². The third-order valence-electron chi connectivity index (χ3n) is 4.57. The maximum Gasteiger partial charge on any atom is 0.194 e. The molecule has 1 aliphatic rings. The Hall–Kier alpha value is -2.58. The van der Waals surface area contributed by atoms with Crippen molar-refractivity contribution in [2.75, 3.05) is 26.7 Å². The summed E-state index contributed by atoms with van der Waals surface area (Å²) in [5.74, 6) is 0.835. The van der Waals surface area contributed by atoms with Crippen LogP contribution in [-0.4, -0.2) is 56.8 Å². The summed E-state index contributed by atoms with van der Waals surface area (Å²) in [5.41, 5.74) is 2.87. The van der Waals surface area contributed by atoms with Gasteiger partial charge in [-0.15, -0.1) is 0 Å². The van der Waals surface area contributed by atoms with E-state index in [-0.39, 0.29) is 6.10 Å². The van der Waals surface area contributed by atoms with Crippen LogP contribution in [0.1, 0.15) is 17.4 Å². The highest BCUT2D eigenvalue weighted by atomic mass is 35.5. The quantitative estimate of drug-likeness (QED) is 0.548. The van der Waals surface area contributed by atoms with Gasteiger partial charge in [-0.1, -0.05) is 11.6 Å². The first-order valence-electron chi connectivity index (χ1n) is 8.81. The molecule has 3 aromatic heterocycles. The van der Waals surface area contributed by atoms with Gasteiger partial charge in [-0.3, -0.25) is 9.67 Å². The molecule has 4 heterocycles. The molecule has 8 nitrogen and oxygen atoms in total. The van der Waals surface area contributed by atoms with Crippen molar-refractivity contribution in [2.45, 2.75) is 12.6 Å². The standard InChI is InChI=1S/C18H22ClN7O/c1-20-18(21-8-15-11-26-10-14(19)3-4-17(26)23-15)25-5-6-27-16(12-25)13-7-22-24(2)9-13/h3-4,7,9-11,16H,5-6,8,12H2,1-2H3,(H,20,21). The maximum absolute atomic E-state index is 6.04. The van der Waals surface area contributed by atoms with E-state index >= 15 is 0 Å². The number of hydrogen-bond acceptors (Lipinski definition) is 4. The van der Waals surface area contributed by atoms with E-state index < -0.39 is 0 Å². The van der Waals surface area contributed by atoms with Crippen LogP contribution in [0.2, 0.25) is 5.02 Å². The molecule has 1 unspecified atom stereocenters. The van der Waals surface area contributed by atoms with Gasteiger partial charge in [-0.2, -0.15) is 5.10 Å². The molecule has 3 aromatic rings. The van der Waals surface area contributed by atoms with Gasteiger partial charge in [0.25, 0.3) is 0 Å². The minimum absolute atomic E-state index is 0.0108. The summed E-state index contributed by atoms with van der Waals surface area (Å²) in [6, 6.07) is 3.74. The Morgan fingerprint density at radius 1 is 1.37 bits per heavy atom. The minimum Gasteiger partial charge on any atom is -0.370 e. The zero-order valence-electron chi connectivity index (χ0n) is 15.3. The van der Waals surface area contributed by atoms with Crippen LogP contribution in [0.4, 0.5) is 0 Å². The van der Waals surface area contributed by atoms with Crippen LogP contribution in [-0.2, 0) is 18.3 Å². The summed E-state index contributed by atoms with van der Waals surface area (Å²) in [7, 11) is 3.70. The summed E-state index contributed by atoms with van der Waals surface area (Å²) in [6.45, 7) is 2.75. The highest BCUT2D eigenvalue weighted by molar-refractivity contribution is 6.30. The average molecular weight is 388 g/mol. The zero-order valence-corrected chi connectivity index (χ0v) is 16.1. The number of aliphatic imine (C=N–C) groups is 1. The topological polar surface area (TPSA) is 72.0 Å². The molecule has 4 rings (SSSR count). The van der Waals surface area contributed by atoms with Crippen molar-refractivity contribution in [1.29, 1.82) is 0 Å². The van der Waals surface area contributed by atoms with E-state index in [0.717, 1.165) is 36.0 Å². The molecule has 0 saturated carbocycles. The molecule has 27 heavy (non-hydrogen) atoms. The Kier molecular flexibility index (Phi) is 5.00. The molecule has 0 radical (unpaired) electrons. The number of guanidine groups is 1. The van der Waals surface area contributed by atoms with E-state index in [2.05, 4.69) is 25.3 Å². The molecule has 0 amide bonds. The van der Waals surface area contributed by atoms with Crippen LogP contribution in [0.25, 0.3) is 5.65 Å². The van der Waals surface area contributed by atoms with Crippen LogP contribution in [0.5, 0.6) is 0 Å². The zero-order chi connectivity index (χ0) is 18.8. The minimum atomic E-state index is -0.0108. The second-order valence-corrected chi connectivity index (χ2v) is 6.94. The predicted octanol–water partition coefficient (Wildman–Crippen LogP) is 1.87. The Morgan fingerprint density at radius 3 is 3.04 bits per heavy atom. The monoisotopic (exact) mass is 387 g/mol. The molecule has 0 bridgehead atoms. The number of rotatable bonds is 3. The van der Waals surface area contributed by atoms with Crippen LogP contribution >= 0.6 is 11.6 Å². The van der Waals surface area contributed by atoms with Crippen LogP contribution in [0, 0.1) is 0 Å². The van der Waals surface area contributed by atoms with Gasteiger partial charge in [0.1, 0.15) is 11.8 Å². The molecular weight excluding hydrogens is 366 g/mol. The largest absolute Gasteiger partial charge is 0.370 e. The van der Waals surface area contributed by atoms with Gasteiger partial charge < -0.3 is 19.4 Å². The summed E-state index contributed by atoms with van der Waals surface area (Å²) in [6.07, 6.45) is 7.66. The molecule has 0 aliphatic carbocycles. The van der Waals surface area contributed by atoms with Crippen molar-refractivity contribution in [1.82, 2.24) is 29.4 Å². The predicted molar refractivity (Wildman–Crippen MR) is 104 cm³/mol. The highest BCUT2D eigenvalue weighted by Crippen LogP contribution is 2.21. The smallest absolute Gasteiger partial charge is 0.194 e. The van der Waals surface area contributed by atoms with Crippen molar-refractivity contribution < 1.29 is 4.74 Å². The van der Waals surface area contributed by atoms with Crippen LogP contribution in [0.3, 0.4) is 0 Å². The van der Waals surface area contributed by atoms with Crippen LogP contribution in [0.15, 0.2) is 41.9 Å². The molecule has 1 N–H and O–H groups in total. The molecule has 1 saturated heterocycles. The first-order chi connectivity index (χ1) is 13.1. The summed E-state index contributed by atoms with van der Waals surface area (Å²) in [5, 5.41) is 8.32. The third kappa shape index (κ3) is 3.91. The van der Waals surface area contributed by atoms with E-state index in [0.29, 0.717) is 18.2 Å². The number of pyridine rings is 1. The Bertz CT molecular complexity index is 964. The fourth-order valence-corrected chi connectivity index (χ4v) is 3.42.